The van der Waals surface area contributed by atoms with Crippen molar-refractivity contribution >= 4 is 23.8 Å². The summed E-state index contributed by atoms with van der Waals surface area (Å²) in [6.07, 6.45) is 3.81. The highest BCUT2D eigenvalue weighted by molar-refractivity contribution is 5.75. The number of anilines is 2. The Kier molecular flexibility index (Phi) is 4.32. The number of rotatable bonds is 4. The Morgan fingerprint density at radius 2 is 1.97 bits per heavy atom. The van der Waals surface area contributed by atoms with Crippen LogP contribution in [-0.4, -0.2) is 37.5 Å². The molecule has 0 saturated heterocycles. The van der Waals surface area contributed by atoms with Crippen molar-refractivity contribution in [2.75, 3.05) is 12.4 Å². The fraction of sp³-hybridized carbons (Fsp3) is 0.0952. The van der Waals surface area contributed by atoms with Gasteiger partial charge in [0.05, 0.1) is 12.8 Å². The highest BCUT2D eigenvalue weighted by Gasteiger charge is 2.33. The van der Waals surface area contributed by atoms with Crippen LogP contribution in [0.5, 0.6) is 5.75 Å². The summed E-state index contributed by atoms with van der Waals surface area (Å²) >= 11 is 0. The number of ether oxygens (including phenoxy) is 1. The number of methoxy groups -OCH3 is 1. The molecule has 9 heteroatoms. The third-order valence-electron chi connectivity index (χ3n) is 4.94. The number of aromatic amines is 1. The second-order valence-electron chi connectivity index (χ2n) is 6.72. The molecule has 2 N–H and O–H groups in total. The minimum absolute atomic E-state index is 0.344. The van der Waals surface area contributed by atoms with E-state index >= 15 is 0 Å². The Morgan fingerprint density at radius 3 is 2.80 bits per heavy atom. The Bertz CT molecular complexity index is 1290. The molecular weight excluding hydrogens is 382 g/mol. The number of nitrogens with zero attached hydrogens (tertiary/aromatic N) is 5. The van der Waals surface area contributed by atoms with Crippen LogP contribution in [0.1, 0.15) is 28.4 Å². The maximum atomic E-state index is 12.6. The van der Waals surface area contributed by atoms with E-state index in [0.29, 0.717) is 28.6 Å². The van der Waals surface area contributed by atoms with E-state index in [1.54, 1.807) is 11.8 Å². The van der Waals surface area contributed by atoms with Gasteiger partial charge in [-0.3, -0.25) is 4.79 Å². The number of nitrogens with one attached hydrogen (secondary N) is 2. The number of hydrogen-bond acceptors (Lipinski definition) is 7. The minimum atomic E-state index is -0.452. The summed E-state index contributed by atoms with van der Waals surface area (Å²) < 4.78 is 7.03. The van der Waals surface area contributed by atoms with Crippen LogP contribution in [0.4, 0.5) is 11.6 Å². The average molecular weight is 399 g/mol. The number of H-pyrrole nitrogens is 1. The number of hydrogen-bond donors (Lipinski definition) is 2. The molecular formula is C21H17N7O2. The molecule has 0 aliphatic carbocycles. The van der Waals surface area contributed by atoms with Crippen molar-refractivity contribution in [3.63, 3.8) is 0 Å². The van der Waals surface area contributed by atoms with E-state index in [9.17, 15) is 4.79 Å². The first-order valence-corrected chi connectivity index (χ1v) is 9.29. The fourth-order valence-electron chi connectivity index (χ4n) is 3.55. The molecule has 0 fully saturated rings. The normalized spacial score (nSPS) is 14.8. The summed E-state index contributed by atoms with van der Waals surface area (Å²) in [4.78, 5) is 12.6. The first kappa shape index (κ1) is 17.8. The molecule has 0 unspecified atom stereocenters. The smallest absolute Gasteiger partial charge is 0.288 e. The molecule has 9 nitrogen and oxygen atoms in total. The van der Waals surface area contributed by atoms with Gasteiger partial charge >= 0.3 is 0 Å². The van der Waals surface area contributed by atoms with Crippen LogP contribution in [0, 0.1) is 0 Å². The molecule has 30 heavy (non-hydrogen) atoms. The molecule has 0 spiro atoms. The number of tetrazole rings is 1. The predicted molar refractivity (Wildman–Crippen MR) is 112 cm³/mol. The van der Waals surface area contributed by atoms with Crippen molar-refractivity contribution in [2.24, 2.45) is 0 Å². The first-order valence-electron chi connectivity index (χ1n) is 9.29. The third-order valence-corrected chi connectivity index (χ3v) is 4.94. The molecule has 2 aromatic carbocycles. The summed E-state index contributed by atoms with van der Waals surface area (Å²) in [6, 6.07) is 17.0. The van der Waals surface area contributed by atoms with Crippen LogP contribution in [0.25, 0.3) is 12.2 Å². The van der Waals surface area contributed by atoms with Crippen LogP contribution in [0.3, 0.4) is 0 Å². The summed E-state index contributed by atoms with van der Waals surface area (Å²) in [5.74, 6) is 1.08. The molecule has 0 bridgehead atoms. The van der Waals surface area contributed by atoms with Gasteiger partial charge in [-0.2, -0.15) is 9.78 Å². The van der Waals surface area contributed by atoms with Gasteiger partial charge in [0.25, 0.3) is 5.56 Å². The molecule has 0 amide bonds. The largest absolute Gasteiger partial charge is 0.497 e. The summed E-state index contributed by atoms with van der Waals surface area (Å²) in [6.45, 7) is 0. The van der Waals surface area contributed by atoms with Gasteiger partial charge in [0.1, 0.15) is 17.5 Å². The van der Waals surface area contributed by atoms with Gasteiger partial charge in [-0.1, -0.05) is 53.6 Å². The molecule has 1 atom stereocenters. The van der Waals surface area contributed by atoms with E-state index in [1.165, 1.54) is 0 Å². The molecule has 4 aromatic rings. The lowest BCUT2D eigenvalue weighted by atomic mass is 9.94. The van der Waals surface area contributed by atoms with Crippen molar-refractivity contribution in [2.45, 2.75) is 6.04 Å². The number of fused-ring (bicyclic) bond motifs is 2. The zero-order chi connectivity index (χ0) is 20.5. The van der Waals surface area contributed by atoms with E-state index < -0.39 is 6.04 Å². The van der Waals surface area contributed by atoms with E-state index in [1.807, 2.05) is 66.7 Å². The van der Waals surface area contributed by atoms with Crippen molar-refractivity contribution in [1.82, 2.24) is 30.4 Å². The van der Waals surface area contributed by atoms with Crippen molar-refractivity contribution in [3.8, 4) is 5.75 Å². The maximum Gasteiger partial charge on any atom is 0.288 e. The standard InChI is InChI=1S/C21H17N7O2/c1-30-15-9-5-8-14(12-15)19-17-16(11-10-13-6-3-2-4-7-13)23-24-20(29)18(17)22-21-25-26-27-28(19)21/h2-12,19H,1H3,(H,24,29)(H,22,25,27)/b11-10+/t19-/m1/s1. The Morgan fingerprint density at radius 1 is 1.10 bits per heavy atom. The summed E-state index contributed by atoms with van der Waals surface area (Å²) in [5, 5.41) is 21.8. The number of aromatic nitrogens is 6. The van der Waals surface area contributed by atoms with Crippen LogP contribution in [-0.2, 0) is 0 Å². The first-order chi connectivity index (χ1) is 14.7. The zero-order valence-corrected chi connectivity index (χ0v) is 16.0. The van der Waals surface area contributed by atoms with Crippen LogP contribution in [0.15, 0.2) is 59.4 Å². The average Bonchev–Trinajstić information content (AvgIpc) is 3.26. The molecule has 1 aliphatic heterocycles. The van der Waals surface area contributed by atoms with Crippen LogP contribution < -0.4 is 15.6 Å². The van der Waals surface area contributed by atoms with Gasteiger partial charge in [0, 0.05) is 5.56 Å². The second-order valence-corrected chi connectivity index (χ2v) is 6.72. The summed E-state index contributed by atoms with van der Waals surface area (Å²) in [5.41, 5.74) is 3.20. The zero-order valence-electron chi connectivity index (χ0n) is 16.0. The van der Waals surface area contributed by atoms with Gasteiger partial charge in [0.15, 0.2) is 0 Å². The van der Waals surface area contributed by atoms with Crippen molar-refractivity contribution in [3.05, 3.63) is 87.3 Å². The van der Waals surface area contributed by atoms with Crippen molar-refractivity contribution in [1.29, 1.82) is 0 Å². The molecule has 2 aromatic heterocycles. The minimum Gasteiger partial charge on any atom is -0.497 e. The van der Waals surface area contributed by atoms with Gasteiger partial charge in [-0.15, -0.1) is 0 Å². The lowest BCUT2D eigenvalue weighted by Gasteiger charge is -2.27. The quantitative estimate of drug-likeness (QED) is 0.478. The third kappa shape index (κ3) is 3.02. The Balaban J connectivity index is 1.71. The number of benzene rings is 2. The molecule has 148 valence electrons. The van der Waals surface area contributed by atoms with Crippen LogP contribution in [0.2, 0.25) is 0 Å². The van der Waals surface area contributed by atoms with Gasteiger partial charge in [0.2, 0.25) is 5.95 Å². The molecule has 3 heterocycles. The SMILES string of the molecule is COc1cccc([C@@H]2c3c(/C=C/c4ccccc4)n[nH]c(=O)c3Nc3nnnn32)c1. The fourth-order valence-corrected chi connectivity index (χ4v) is 3.55. The Hall–Kier alpha value is -4.27. The molecule has 1 aliphatic rings. The monoisotopic (exact) mass is 399 g/mol. The maximum absolute atomic E-state index is 12.6. The van der Waals surface area contributed by atoms with E-state index in [2.05, 4.69) is 31.0 Å². The van der Waals surface area contributed by atoms with E-state index in [4.69, 9.17) is 4.74 Å². The van der Waals surface area contributed by atoms with Gasteiger partial charge in [-0.25, -0.2) is 5.10 Å². The second kappa shape index (κ2) is 7.28. The van der Waals surface area contributed by atoms with Crippen LogP contribution >= 0.6 is 0 Å². The lowest BCUT2D eigenvalue weighted by molar-refractivity contribution is 0.413. The van der Waals surface area contributed by atoms with E-state index in [0.717, 1.165) is 11.1 Å². The lowest BCUT2D eigenvalue weighted by Crippen LogP contribution is -2.29. The van der Waals surface area contributed by atoms with Gasteiger partial charge in [-0.05, 0) is 39.8 Å². The molecule has 5 rings (SSSR count). The Labute approximate surface area is 171 Å². The summed E-state index contributed by atoms with van der Waals surface area (Å²) in [7, 11) is 1.61. The van der Waals surface area contributed by atoms with Gasteiger partial charge < -0.3 is 10.1 Å². The molecule has 0 radical (unpaired) electrons. The van der Waals surface area contributed by atoms with E-state index in [-0.39, 0.29) is 5.56 Å². The molecule has 0 saturated carbocycles. The highest BCUT2D eigenvalue weighted by atomic mass is 16.5. The predicted octanol–water partition coefficient (Wildman–Crippen LogP) is 2.63. The topological polar surface area (TPSA) is 111 Å². The van der Waals surface area contributed by atoms with Crippen molar-refractivity contribution < 1.29 is 4.74 Å². The highest BCUT2D eigenvalue weighted by Crippen LogP contribution is 2.39.